The van der Waals surface area contributed by atoms with Gasteiger partial charge in [0.15, 0.2) is 0 Å². The molecule has 1 aromatic heterocycles. The van der Waals surface area contributed by atoms with E-state index in [9.17, 15) is 9.59 Å². The Labute approximate surface area is 177 Å². The van der Waals surface area contributed by atoms with Gasteiger partial charge in [0.1, 0.15) is 5.58 Å². The molecule has 4 rings (SSSR count). The summed E-state index contributed by atoms with van der Waals surface area (Å²) in [6, 6.07) is 16.5. The number of anilines is 1. The molecule has 2 heterocycles. The molecule has 1 amide bonds. The summed E-state index contributed by atoms with van der Waals surface area (Å²) in [5, 5.41) is 4.25. The molecule has 1 aliphatic heterocycles. The van der Waals surface area contributed by atoms with Gasteiger partial charge >= 0.3 is 5.63 Å². The third kappa shape index (κ3) is 4.52. The van der Waals surface area contributed by atoms with Crippen LogP contribution in [0.3, 0.4) is 0 Å². The maximum Gasteiger partial charge on any atom is 0.338 e. The minimum absolute atomic E-state index is 0.0673. The number of nitrogens with one attached hydrogen (secondary N) is 1. The van der Waals surface area contributed by atoms with Crippen molar-refractivity contribution in [1.82, 2.24) is 9.80 Å². The van der Waals surface area contributed by atoms with Gasteiger partial charge in [-0.25, -0.2) is 4.79 Å². The second-order valence-electron chi connectivity index (χ2n) is 7.02. The molecule has 0 atom stereocenters. The highest BCUT2D eigenvalue weighted by molar-refractivity contribution is 9.10. The van der Waals surface area contributed by atoms with Gasteiger partial charge in [0.05, 0.1) is 11.3 Å². The Morgan fingerprint density at radius 1 is 1.03 bits per heavy atom. The molecule has 6 nitrogen and oxygen atoms in total. The van der Waals surface area contributed by atoms with E-state index in [0.717, 1.165) is 35.2 Å². The van der Waals surface area contributed by atoms with E-state index in [1.54, 1.807) is 6.07 Å². The maximum absolute atomic E-state index is 12.7. The topological polar surface area (TPSA) is 65.8 Å². The van der Waals surface area contributed by atoms with Gasteiger partial charge in [-0.2, -0.15) is 0 Å². The van der Waals surface area contributed by atoms with E-state index in [1.165, 1.54) is 6.07 Å². The number of hydrogen-bond acceptors (Lipinski definition) is 5. The average Bonchev–Trinajstić information content (AvgIpc) is 2.74. The van der Waals surface area contributed by atoms with Gasteiger partial charge in [-0.3, -0.25) is 9.69 Å². The minimum atomic E-state index is -0.356. The molecule has 1 aliphatic rings. The maximum atomic E-state index is 12.7. The first-order chi connectivity index (χ1) is 14.1. The third-order valence-electron chi connectivity index (χ3n) is 5.16. The van der Waals surface area contributed by atoms with Gasteiger partial charge in [-0.15, -0.1) is 0 Å². The van der Waals surface area contributed by atoms with Gasteiger partial charge in [0, 0.05) is 55.2 Å². The van der Waals surface area contributed by atoms with Gasteiger partial charge in [0.2, 0.25) is 0 Å². The first-order valence-corrected chi connectivity index (χ1v) is 10.4. The molecule has 0 aliphatic carbocycles. The molecule has 0 spiro atoms. The number of carbonyl (C=O) groups is 1. The number of hydrogen-bond donors (Lipinski definition) is 1. The summed E-state index contributed by atoms with van der Waals surface area (Å²) in [6.07, 6.45) is 0. The Bertz CT molecular complexity index is 1070. The van der Waals surface area contributed by atoms with Crippen molar-refractivity contribution in [2.45, 2.75) is 0 Å². The predicted molar refractivity (Wildman–Crippen MR) is 117 cm³/mol. The van der Waals surface area contributed by atoms with Crippen molar-refractivity contribution in [3.63, 3.8) is 0 Å². The molecule has 0 bridgehead atoms. The average molecular weight is 456 g/mol. The van der Waals surface area contributed by atoms with Crippen molar-refractivity contribution in [2.24, 2.45) is 0 Å². The van der Waals surface area contributed by atoms with Crippen LogP contribution in [-0.2, 0) is 0 Å². The third-order valence-corrected chi connectivity index (χ3v) is 5.85. The molecule has 7 heteroatoms. The Morgan fingerprint density at radius 3 is 2.55 bits per heavy atom. The number of benzene rings is 2. The summed E-state index contributed by atoms with van der Waals surface area (Å²) in [4.78, 5) is 28.7. The molecule has 1 N–H and O–H groups in total. The van der Waals surface area contributed by atoms with Crippen LogP contribution >= 0.6 is 15.9 Å². The van der Waals surface area contributed by atoms with Crippen LogP contribution in [0.15, 0.2) is 68.3 Å². The zero-order valence-electron chi connectivity index (χ0n) is 15.9. The van der Waals surface area contributed by atoms with Crippen LogP contribution in [0.25, 0.3) is 11.0 Å². The fraction of sp³-hybridized carbons (Fsp3) is 0.273. The van der Waals surface area contributed by atoms with E-state index >= 15 is 0 Å². The van der Waals surface area contributed by atoms with Crippen molar-refractivity contribution < 1.29 is 9.21 Å². The largest absolute Gasteiger partial charge is 0.423 e. The summed E-state index contributed by atoms with van der Waals surface area (Å²) in [7, 11) is 0. The summed E-state index contributed by atoms with van der Waals surface area (Å²) < 4.78 is 6.06. The van der Waals surface area contributed by atoms with E-state index in [4.69, 9.17) is 4.42 Å². The SMILES string of the molecule is O=C(c1ccccc1Br)N1CCN(CCNc2cc(=O)oc3ccccc23)CC1. The van der Waals surface area contributed by atoms with Crippen molar-refractivity contribution >= 4 is 38.5 Å². The molecular weight excluding hydrogens is 434 g/mol. The molecule has 29 heavy (non-hydrogen) atoms. The highest BCUT2D eigenvalue weighted by Crippen LogP contribution is 2.21. The number of piperazine rings is 1. The Morgan fingerprint density at radius 2 is 1.76 bits per heavy atom. The summed E-state index contributed by atoms with van der Waals surface area (Å²) in [6.45, 7) is 4.62. The van der Waals surface area contributed by atoms with Gasteiger partial charge in [-0.05, 0) is 40.2 Å². The lowest BCUT2D eigenvalue weighted by molar-refractivity contribution is 0.0641. The van der Waals surface area contributed by atoms with E-state index < -0.39 is 0 Å². The molecule has 1 saturated heterocycles. The molecule has 0 radical (unpaired) electrons. The monoisotopic (exact) mass is 455 g/mol. The van der Waals surface area contributed by atoms with Crippen LogP contribution in [0.4, 0.5) is 5.69 Å². The highest BCUT2D eigenvalue weighted by Gasteiger charge is 2.23. The number of nitrogens with zero attached hydrogens (tertiary/aromatic N) is 2. The number of amides is 1. The van der Waals surface area contributed by atoms with Crippen LogP contribution in [0.1, 0.15) is 10.4 Å². The fourth-order valence-electron chi connectivity index (χ4n) is 3.59. The van der Waals surface area contributed by atoms with Crippen molar-refractivity contribution in [3.8, 4) is 0 Å². The van der Waals surface area contributed by atoms with Crippen LogP contribution in [0.5, 0.6) is 0 Å². The highest BCUT2D eigenvalue weighted by atomic mass is 79.9. The van der Waals surface area contributed by atoms with E-state index in [1.807, 2.05) is 47.4 Å². The van der Waals surface area contributed by atoms with Gasteiger partial charge < -0.3 is 14.6 Å². The molecule has 0 unspecified atom stereocenters. The zero-order chi connectivity index (χ0) is 20.2. The van der Waals surface area contributed by atoms with Crippen LogP contribution < -0.4 is 10.9 Å². The van der Waals surface area contributed by atoms with E-state index in [2.05, 4.69) is 26.1 Å². The molecule has 3 aromatic rings. The summed E-state index contributed by atoms with van der Waals surface area (Å²) in [5.74, 6) is 0.0673. The number of fused-ring (bicyclic) bond motifs is 1. The number of carbonyl (C=O) groups excluding carboxylic acids is 1. The lowest BCUT2D eigenvalue weighted by Gasteiger charge is -2.35. The second kappa shape index (κ2) is 8.80. The molecule has 150 valence electrons. The van der Waals surface area contributed by atoms with Crippen LogP contribution in [-0.4, -0.2) is 55.0 Å². The first kappa shape index (κ1) is 19.7. The number of rotatable bonds is 5. The van der Waals surface area contributed by atoms with Crippen LogP contribution in [0, 0.1) is 0 Å². The lowest BCUT2D eigenvalue weighted by Crippen LogP contribution is -2.49. The fourth-order valence-corrected chi connectivity index (χ4v) is 4.04. The minimum Gasteiger partial charge on any atom is -0.423 e. The molecule has 0 saturated carbocycles. The Kier molecular flexibility index (Phi) is 5.97. The molecular formula is C22H22BrN3O3. The predicted octanol–water partition coefficient (Wildman–Crippen LogP) is 3.43. The number of para-hydroxylation sites is 1. The quantitative estimate of drug-likeness (QED) is 0.597. The van der Waals surface area contributed by atoms with Crippen LogP contribution in [0.2, 0.25) is 0 Å². The van der Waals surface area contributed by atoms with Crippen molar-refractivity contribution in [2.75, 3.05) is 44.6 Å². The Balaban J connectivity index is 1.30. The summed E-state index contributed by atoms with van der Waals surface area (Å²) >= 11 is 3.46. The second-order valence-corrected chi connectivity index (χ2v) is 7.87. The zero-order valence-corrected chi connectivity index (χ0v) is 17.5. The Hall–Kier alpha value is -2.64. The van der Waals surface area contributed by atoms with Crippen molar-refractivity contribution in [1.29, 1.82) is 0 Å². The smallest absolute Gasteiger partial charge is 0.338 e. The van der Waals surface area contributed by atoms with E-state index in [-0.39, 0.29) is 11.5 Å². The number of halogens is 1. The molecule has 2 aromatic carbocycles. The first-order valence-electron chi connectivity index (χ1n) is 9.65. The van der Waals surface area contributed by atoms with E-state index in [0.29, 0.717) is 30.8 Å². The van der Waals surface area contributed by atoms with Gasteiger partial charge in [-0.1, -0.05) is 24.3 Å². The standard InChI is InChI=1S/C22H22BrN3O3/c23-18-7-3-1-5-16(18)22(28)26-13-11-25(12-14-26)10-9-24-19-15-21(27)29-20-8-4-2-6-17(19)20/h1-8,15,24H,9-14H2. The van der Waals surface area contributed by atoms with Crippen molar-refractivity contribution in [3.05, 3.63) is 75.1 Å². The normalized spacial score (nSPS) is 14.9. The summed E-state index contributed by atoms with van der Waals surface area (Å²) in [5.41, 5.74) is 1.73. The molecule has 1 fully saturated rings. The van der Waals surface area contributed by atoms with Gasteiger partial charge in [0.25, 0.3) is 5.91 Å². The lowest BCUT2D eigenvalue weighted by atomic mass is 10.2.